The quantitative estimate of drug-likeness (QED) is 0.859. The Morgan fingerprint density at radius 2 is 1.95 bits per heavy atom. The molecule has 0 saturated carbocycles. The standard InChI is InChI=1S/C17H20N2O2/c1-13-6-3-4-9-16(13)21-11-10-19(2)17(20)14-7-5-8-15(18)12-14/h3-9,12H,10-11,18H2,1-2H3. The third-order valence-corrected chi connectivity index (χ3v) is 3.26. The molecule has 1 amide bonds. The topological polar surface area (TPSA) is 55.6 Å². The highest BCUT2D eigenvalue weighted by atomic mass is 16.5. The predicted molar refractivity (Wildman–Crippen MR) is 84.5 cm³/mol. The second-order valence-electron chi connectivity index (χ2n) is 4.97. The van der Waals surface area contributed by atoms with Gasteiger partial charge in [0.25, 0.3) is 5.91 Å². The van der Waals surface area contributed by atoms with E-state index in [1.807, 2.05) is 31.2 Å². The third-order valence-electron chi connectivity index (χ3n) is 3.26. The normalized spacial score (nSPS) is 10.2. The van der Waals surface area contributed by atoms with E-state index in [0.717, 1.165) is 11.3 Å². The second kappa shape index (κ2) is 6.79. The Hall–Kier alpha value is -2.49. The minimum atomic E-state index is -0.0596. The van der Waals surface area contributed by atoms with E-state index in [1.165, 1.54) is 0 Å². The van der Waals surface area contributed by atoms with Gasteiger partial charge in [-0.2, -0.15) is 0 Å². The van der Waals surface area contributed by atoms with Gasteiger partial charge in [-0.05, 0) is 36.8 Å². The van der Waals surface area contributed by atoms with Crippen molar-refractivity contribution in [3.05, 3.63) is 59.7 Å². The van der Waals surface area contributed by atoms with Gasteiger partial charge in [-0.25, -0.2) is 0 Å². The summed E-state index contributed by atoms with van der Waals surface area (Å²) in [5.41, 5.74) is 7.96. The third kappa shape index (κ3) is 3.99. The maximum Gasteiger partial charge on any atom is 0.253 e. The summed E-state index contributed by atoms with van der Waals surface area (Å²) in [6, 6.07) is 14.8. The first kappa shape index (κ1) is 14.9. The van der Waals surface area contributed by atoms with Gasteiger partial charge < -0.3 is 15.4 Å². The van der Waals surface area contributed by atoms with E-state index >= 15 is 0 Å². The van der Waals surface area contributed by atoms with Gasteiger partial charge in [0.2, 0.25) is 0 Å². The van der Waals surface area contributed by atoms with Crippen LogP contribution in [0, 0.1) is 6.92 Å². The minimum Gasteiger partial charge on any atom is -0.491 e. The van der Waals surface area contributed by atoms with E-state index in [4.69, 9.17) is 10.5 Å². The number of carbonyl (C=O) groups excluding carboxylic acids is 1. The van der Waals surface area contributed by atoms with E-state index in [0.29, 0.717) is 24.4 Å². The van der Waals surface area contributed by atoms with Crippen molar-refractivity contribution in [2.24, 2.45) is 0 Å². The molecular formula is C17H20N2O2. The number of likely N-dealkylation sites (N-methyl/N-ethyl adjacent to an activating group) is 1. The van der Waals surface area contributed by atoms with Crippen LogP contribution in [0.2, 0.25) is 0 Å². The Balaban J connectivity index is 1.89. The molecule has 0 unspecified atom stereocenters. The number of rotatable bonds is 5. The molecule has 0 heterocycles. The SMILES string of the molecule is Cc1ccccc1OCCN(C)C(=O)c1cccc(N)c1. The molecule has 2 aromatic carbocycles. The smallest absolute Gasteiger partial charge is 0.253 e. The summed E-state index contributed by atoms with van der Waals surface area (Å²) in [4.78, 5) is 13.9. The molecule has 0 aromatic heterocycles. The van der Waals surface area contributed by atoms with Gasteiger partial charge in [0.05, 0.1) is 6.54 Å². The molecule has 21 heavy (non-hydrogen) atoms. The molecule has 0 spiro atoms. The largest absolute Gasteiger partial charge is 0.491 e. The monoisotopic (exact) mass is 284 g/mol. The van der Waals surface area contributed by atoms with Gasteiger partial charge in [-0.15, -0.1) is 0 Å². The lowest BCUT2D eigenvalue weighted by atomic mass is 10.2. The molecule has 0 aliphatic heterocycles. The highest BCUT2D eigenvalue weighted by Gasteiger charge is 2.11. The molecule has 4 heteroatoms. The number of hydrogen-bond acceptors (Lipinski definition) is 3. The number of aryl methyl sites for hydroxylation is 1. The van der Waals surface area contributed by atoms with Gasteiger partial charge in [-0.3, -0.25) is 4.79 Å². The fourth-order valence-electron chi connectivity index (χ4n) is 2.00. The summed E-state index contributed by atoms with van der Waals surface area (Å²) in [5.74, 6) is 0.790. The van der Waals surface area contributed by atoms with Gasteiger partial charge in [-0.1, -0.05) is 24.3 Å². The molecule has 0 radical (unpaired) electrons. The molecule has 2 rings (SSSR count). The van der Waals surface area contributed by atoms with Crippen LogP contribution in [0.4, 0.5) is 5.69 Å². The van der Waals surface area contributed by atoms with Crippen molar-refractivity contribution in [2.45, 2.75) is 6.92 Å². The van der Waals surface area contributed by atoms with Crippen LogP contribution in [-0.2, 0) is 0 Å². The van der Waals surface area contributed by atoms with Gasteiger partial charge in [0.15, 0.2) is 0 Å². The van der Waals surface area contributed by atoms with Crippen LogP contribution in [0.5, 0.6) is 5.75 Å². The summed E-state index contributed by atoms with van der Waals surface area (Å²) in [5, 5.41) is 0. The number of benzene rings is 2. The molecule has 0 atom stereocenters. The van der Waals surface area contributed by atoms with Crippen molar-refractivity contribution in [1.82, 2.24) is 4.90 Å². The lowest BCUT2D eigenvalue weighted by Crippen LogP contribution is -2.30. The highest BCUT2D eigenvalue weighted by Crippen LogP contribution is 2.16. The van der Waals surface area contributed by atoms with Crippen LogP contribution in [0.25, 0.3) is 0 Å². The summed E-state index contributed by atoms with van der Waals surface area (Å²) in [6.07, 6.45) is 0. The number of ether oxygens (including phenoxy) is 1. The van der Waals surface area contributed by atoms with Crippen LogP contribution in [0.15, 0.2) is 48.5 Å². The highest BCUT2D eigenvalue weighted by molar-refractivity contribution is 5.94. The Kier molecular flexibility index (Phi) is 4.82. The Bertz CT molecular complexity index is 626. The van der Waals surface area contributed by atoms with Crippen LogP contribution in [0.3, 0.4) is 0 Å². The van der Waals surface area contributed by atoms with Crippen molar-refractivity contribution >= 4 is 11.6 Å². The zero-order chi connectivity index (χ0) is 15.2. The number of hydrogen-bond donors (Lipinski definition) is 1. The summed E-state index contributed by atoms with van der Waals surface area (Å²) >= 11 is 0. The molecule has 110 valence electrons. The van der Waals surface area contributed by atoms with Gasteiger partial charge in [0, 0.05) is 18.3 Å². The Labute approximate surface area is 125 Å². The van der Waals surface area contributed by atoms with Crippen LogP contribution < -0.4 is 10.5 Å². The molecule has 0 aliphatic rings. The lowest BCUT2D eigenvalue weighted by molar-refractivity contribution is 0.0773. The van der Waals surface area contributed by atoms with E-state index in [2.05, 4.69) is 0 Å². The summed E-state index contributed by atoms with van der Waals surface area (Å²) in [7, 11) is 1.76. The first-order valence-corrected chi connectivity index (χ1v) is 6.87. The molecule has 0 fully saturated rings. The molecule has 0 aliphatic carbocycles. The molecule has 4 nitrogen and oxygen atoms in total. The van der Waals surface area contributed by atoms with E-state index in [9.17, 15) is 4.79 Å². The summed E-state index contributed by atoms with van der Waals surface area (Å²) in [6.45, 7) is 2.97. The van der Waals surface area contributed by atoms with Gasteiger partial charge in [0.1, 0.15) is 12.4 Å². The molecule has 2 N–H and O–H groups in total. The number of para-hydroxylation sites is 1. The van der Waals surface area contributed by atoms with Crippen LogP contribution >= 0.6 is 0 Å². The fourth-order valence-corrected chi connectivity index (χ4v) is 2.00. The number of anilines is 1. The van der Waals surface area contributed by atoms with Crippen molar-refractivity contribution in [3.8, 4) is 5.75 Å². The van der Waals surface area contributed by atoms with Crippen LogP contribution in [-0.4, -0.2) is 31.0 Å². The molecule has 0 bridgehead atoms. The van der Waals surface area contributed by atoms with Crippen molar-refractivity contribution in [2.75, 3.05) is 25.9 Å². The Morgan fingerprint density at radius 3 is 2.67 bits per heavy atom. The van der Waals surface area contributed by atoms with Crippen LogP contribution in [0.1, 0.15) is 15.9 Å². The zero-order valence-corrected chi connectivity index (χ0v) is 12.4. The average Bonchev–Trinajstić information content (AvgIpc) is 2.48. The molecule has 0 saturated heterocycles. The minimum absolute atomic E-state index is 0.0596. The predicted octanol–water partition coefficient (Wildman–Crippen LogP) is 2.73. The number of amides is 1. The summed E-state index contributed by atoms with van der Waals surface area (Å²) < 4.78 is 5.70. The number of carbonyl (C=O) groups is 1. The molecule has 2 aromatic rings. The van der Waals surface area contributed by atoms with E-state index in [-0.39, 0.29) is 5.91 Å². The lowest BCUT2D eigenvalue weighted by Gasteiger charge is -2.18. The number of nitrogens with zero attached hydrogens (tertiary/aromatic N) is 1. The van der Waals surface area contributed by atoms with Crippen molar-refractivity contribution in [3.63, 3.8) is 0 Å². The average molecular weight is 284 g/mol. The van der Waals surface area contributed by atoms with Crippen molar-refractivity contribution in [1.29, 1.82) is 0 Å². The maximum absolute atomic E-state index is 12.2. The van der Waals surface area contributed by atoms with E-state index in [1.54, 1.807) is 36.2 Å². The molecular weight excluding hydrogens is 264 g/mol. The first-order chi connectivity index (χ1) is 10.1. The number of nitrogen functional groups attached to an aromatic ring is 1. The van der Waals surface area contributed by atoms with Crippen molar-refractivity contribution < 1.29 is 9.53 Å². The number of nitrogens with two attached hydrogens (primary N) is 1. The van der Waals surface area contributed by atoms with Gasteiger partial charge >= 0.3 is 0 Å². The van der Waals surface area contributed by atoms with E-state index < -0.39 is 0 Å². The Morgan fingerprint density at radius 1 is 1.19 bits per heavy atom. The fraction of sp³-hybridized carbons (Fsp3) is 0.235. The zero-order valence-electron chi connectivity index (χ0n) is 12.4. The maximum atomic E-state index is 12.2. The first-order valence-electron chi connectivity index (χ1n) is 6.87. The second-order valence-corrected chi connectivity index (χ2v) is 4.97.